The van der Waals surface area contributed by atoms with Crippen molar-refractivity contribution in [2.45, 2.75) is 39.8 Å². The van der Waals surface area contributed by atoms with E-state index in [2.05, 4.69) is 40.2 Å². The zero-order chi connectivity index (χ0) is 14.7. The van der Waals surface area contributed by atoms with Crippen molar-refractivity contribution in [3.63, 3.8) is 0 Å². The van der Waals surface area contributed by atoms with E-state index >= 15 is 0 Å². The van der Waals surface area contributed by atoms with Crippen LogP contribution in [-0.2, 0) is 13.0 Å². The average Bonchev–Trinajstić information content (AvgIpc) is 2.79. The van der Waals surface area contributed by atoms with Crippen LogP contribution in [0.15, 0.2) is 24.3 Å². The molecule has 1 atom stereocenters. The first kappa shape index (κ1) is 15.1. The van der Waals surface area contributed by atoms with Gasteiger partial charge in [-0.05, 0) is 51.1 Å². The largest absolute Gasteiger partial charge is 0.313 e. The van der Waals surface area contributed by atoms with Crippen LogP contribution in [0.25, 0.3) is 0 Å². The first-order valence-electron chi connectivity index (χ1n) is 7.01. The van der Waals surface area contributed by atoms with Gasteiger partial charge in [-0.1, -0.05) is 23.7 Å². The molecule has 3 nitrogen and oxygen atoms in total. The second-order valence-corrected chi connectivity index (χ2v) is 5.55. The van der Waals surface area contributed by atoms with Gasteiger partial charge in [0.25, 0.3) is 0 Å². The van der Waals surface area contributed by atoms with Crippen molar-refractivity contribution in [2.24, 2.45) is 0 Å². The number of halogens is 1. The van der Waals surface area contributed by atoms with E-state index in [1.807, 2.05) is 27.0 Å². The lowest BCUT2D eigenvalue weighted by Crippen LogP contribution is -2.20. The molecule has 0 spiro atoms. The maximum Gasteiger partial charge on any atom is 0.0596 e. The number of hydrogen-bond donors (Lipinski definition) is 1. The highest BCUT2D eigenvalue weighted by Gasteiger charge is 2.14. The maximum atomic E-state index is 6.11. The molecule has 0 aliphatic rings. The summed E-state index contributed by atoms with van der Waals surface area (Å²) < 4.78 is 2.07. The highest BCUT2D eigenvalue weighted by Crippen LogP contribution is 2.23. The van der Waals surface area contributed by atoms with Crippen molar-refractivity contribution in [3.05, 3.63) is 51.8 Å². The number of hydrogen-bond acceptors (Lipinski definition) is 2. The van der Waals surface area contributed by atoms with Crippen molar-refractivity contribution >= 4 is 11.6 Å². The summed E-state index contributed by atoms with van der Waals surface area (Å²) in [4.78, 5) is 0. The Morgan fingerprint density at radius 3 is 2.65 bits per heavy atom. The second-order valence-electron chi connectivity index (χ2n) is 5.15. The van der Waals surface area contributed by atoms with Gasteiger partial charge in [0.2, 0.25) is 0 Å². The van der Waals surface area contributed by atoms with Gasteiger partial charge in [0.1, 0.15) is 0 Å². The van der Waals surface area contributed by atoms with Crippen LogP contribution in [0.4, 0.5) is 0 Å². The van der Waals surface area contributed by atoms with Gasteiger partial charge in [-0.15, -0.1) is 0 Å². The fourth-order valence-corrected chi connectivity index (χ4v) is 2.64. The predicted molar refractivity (Wildman–Crippen MR) is 84.3 cm³/mol. The van der Waals surface area contributed by atoms with Gasteiger partial charge < -0.3 is 5.32 Å². The van der Waals surface area contributed by atoms with Crippen LogP contribution in [0.2, 0.25) is 5.02 Å². The van der Waals surface area contributed by atoms with E-state index < -0.39 is 0 Å². The van der Waals surface area contributed by atoms with E-state index in [4.69, 9.17) is 11.6 Å². The smallest absolute Gasteiger partial charge is 0.0596 e. The summed E-state index contributed by atoms with van der Waals surface area (Å²) in [6.07, 6.45) is 0.923. The van der Waals surface area contributed by atoms with Crippen LogP contribution in [0.3, 0.4) is 0 Å². The molecule has 2 rings (SSSR count). The molecule has 1 aromatic heterocycles. The third kappa shape index (κ3) is 3.22. The summed E-state index contributed by atoms with van der Waals surface area (Å²) in [6, 6.07) is 8.65. The van der Waals surface area contributed by atoms with Gasteiger partial charge in [0.05, 0.1) is 5.69 Å². The lowest BCUT2D eigenvalue weighted by atomic mass is 10.00. The minimum absolute atomic E-state index is 0.271. The standard InChI is InChI=1S/C16H22ClN3/c1-5-20-14(9-12(3)19-20)10-16(18-4)13-6-7-15(17)11(2)8-13/h6-9,16,18H,5,10H2,1-4H3. The van der Waals surface area contributed by atoms with E-state index in [0.717, 1.165) is 29.2 Å². The summed E-state index contributed by atoms with van der Waals surface area (Å²) in [6.45, 7) is 7.10. The number of nitrogens with one attached hydrogen (secondary N) is 1. The van der Waals surface area contributed by atoms with E-state index in [-0.39, 0.29) is 6.04 Å². The molecule has 0 aliphatic heterocycles. The van der Waals surface area contributed by atoms with Crippen LogP contribution in [0.1, 0.15) is 35.5 Å². The highest BCUT2D eigenvalue weighted by molar-refractivity contribution is 6.31. The minimum Gasteiger partial charge on any atom is -0.313 e. The van der Waals surface area contributed by atoms with Gasteiger partial charge in [-0.25, -0.2) is 0 Å². The van der Waals surface area contributed by atoms with Crippen LogP contribution in [-0.4, -0.2) is 16.8 Å². The molecule has 4 heteroatoms. The molecule has 0 saturated heterocycles. The first-order valence-corrected chi connectivity index (χ1v) is 7.39. The Kier molecular flexibility index (Phi) is 4.84. The van der Waals surface area contributed by atoms with Gasteiger partial charge in [-0.2, -0.15) is 5.10 Å². The number of rotatable bonds is 5. The van der Waals surface area contributed by atoms with E-state index in [1.54, 1.807) is 0 Å². The molecule has 0 radical (unpaired) electrons. The average molecular weight is 292 g/mol. The Bertz CT molecular complexity index is 589. The Morgan fingerprint density at radius 1 is 1.30 bits per heavy atom. The van der Waals surface area contributed by atoms with Crippen LogP contribution < -0.4 is 5.32 Å². The minimum atomic E-state index is 0.271. The Balaban J connectivity index is 2.26. The molecule has 1 aromatic carbocycles. The Morgan fingerprint density at radius 2 is 2.05 bits per heavy atom. The molecule has 1 heterocycles. The van der Waals surface area contributed by atoms with Crippen molar-refractivity contribution in [3.8, 4) is 0 Å². The van der Waals surface area contributed by atoms with E-state index in [9.17, 15) is 0 Å². The SMILES string of the molecule is CCn1nc(C)cc1CC(NC)c1ccc(Cl)c(C)c1. The van der Waals surface area contributed by atoms with Crippen LogP contribution in [0, 0.1) is 13.8 Å². The molecular weight excluding hydrogens is 270 g/mol. The van der Waals surface area contributed by atoms with Crippen LogP contribution >= 0.6 is 11.6 Å². The van der Waals surface area contributed by atoms with Crippen LogP contribution in [0.5, 0.6) is 0 Å². The van der Waals surface area contributed by atoms with Crippen molar-refractivity contribution in [2.75, 3.05) is 7.05 Å². The summed E-state index contributed by atoms with van der Waals surface area (Å²) in [5.41, 5.74) is 4.71. The monoisotopic (exact) mass is 291 g/mol. The molecule has 20 heavy (non-hydrogen) atoms. The number of aryl methyl sites for hydroxylation is 3. The van der Waals surface area contributed by atoms with Crippen molar-refractivity contribution in [1.29, 1.82) is 0 Å². The lowest BCUT2D eigenvalue weighted by Gasteiger charge is -2.18. The zero-order valence-electron chi connectivity index (χ0n) is 12.6. The lowest BCUT2D eigenvalue weighted by molar-refractivity contribution is 0.541. The van der Waals surface area contributed by atoms with Gasteiger partial charge in [0, 0.05) is 29.7 Å². The number of aromatic nitrogens is 2. The Labute approximate surface area is 126 Å². The van der Waals surface area contributed by atoms with Gasteiger partial charge >= 0.3 is 0 Å². The van der Waals surface area contributed by atoms with Gasteiger partial charge in [0.15, 0.2) is 0 Å². The predicted octanol–water partition coefficient (Wildman–Crippen LogP) is 3.68. The van der Waals surface area contributed by atoms with E-state index in [0.29, 0.717) is 0 Å². The van der Waals surface area contributed by atoms with E-state index in [1.165, 1.54) is 11.3 Å². The molecule has 0 fully saturated rings. The number of likely N-dealkylation sites (N-methyl/N-ethyl adjacent to an activating group) is 1. The quantitative estimate of drug-likeness (QED) is 0.911. The molecule has 1 unspecified atom stereocenters. The molecular formula is C16H22ClN3. The fraction of sp³-hybridized carbons (Fsp3) is 0.438. The zero-order valence-corrected chi connectivity index (χ0v) is 13.3. The van der Waals surface area contributed by atoms with Crippen molar-refractivity contribution < 1.29 is 0 Å². The van der Waals surface area contributed by atoms with Crippen molar-refractivity contribution in [1.82, 2.24) is 15.1 Å². The summed E-state index contributed by atoms with van der Waals surface area (Å²) in [7, 11) is 1.99. The third-order valence-corrected chi connectivity index (χ3v) is 4.06. The molecule has 108 valence electrons. The summed E-state index contributed by atoms with van der Waals surface area (Å²) >= 11 is 6.11. The molecule has 0 saturated carbocycles. The van der Waals surface area contributed by atoms with Gasteiger partial charge in [-0.3, -0.25) is 4.68 Å². The molecule has 0 amide bonds. The fourth-order valence-electron chi connectivity index (χ4n) is 2.52. The molecule has 0 aliphatic carbocycles. The summed E-state index contributed by atoms with van der Waals surface area (Å²) in [5.74, 6) is 0. The topological polar surface area (TPSA) is 29.9 Å². The second kappa shape index (κ2) is 6.42. The maximum absolute atomic E-state index is 6.11. The molecule has 1 N–H and O–H groups in total. The third-order valence-electron chi connectivity index (χ3n) is 3.63. The number of nitrogens with zero attached hydrogens (tertiary/aromatic N) is 2. The summed E-state index contributed by atoms with van der Waals surface area (Å²) in [5, 5.41) is 8.72. The highest BCUT2D eigenvalue weighted by atomic mass is 35.5. The first-order chi connectivity index (χ1) is 9.55. The molecule has 2 aromatic rings. The Hall–Kier alpha value is -1.32. The molecule has 0 bridgehead atoms. The normalized spacial score (nSPS) is 12.7. The number of benzene rings is 1.